The largest absolute Gasteiger partial charge is 0.350 e. The van der Waals surface area contributed by atoms with Crippen LogP contribution in [0.4, 0.5) is 15.8 Å². The van der Waals surface area contributed by atoms with Crippen LogP contribution in [0, 0.1) is 33.5 Å². The van der Waals surface area contributed by atoms with E-state index in [1.54, 1.807) is 6.07 Å². The fraction of sp³-hybridized carbons (Fsp3) is 0.167. The van der Waals surface area contributed by atoms with E-state index in [0.717, 1.165) is 39.2 Å². The first-order chi connectivity index (χ1) is 15.2. The van der Waals surface area contributed by atoms with Crippen LogP contribution >= 0.6 is 11.8 Å². The normalized spacial score (nSPS) is 13.8. The smallest absolute Gasteiger partial charge is 0.283 e. The second kappa shape index (κ2) is 8.55. The highest BCUT2D eigenvalue weighted by atomic mass is 32.2. The molecule has 0 unspecified atom stereocenters. The quantitative estimate of drug-likeness (QED) is 0.445. The predicted molar refractivity (Wildman–Crippen MR) is 123 cm³/mol. The van der Waals surface area contributed by atoms with Gasteiger partial charge in [-0.05, 0) is 80.9 Å². The van der Waals surface area contributed by atoms with Gasteiger partial charge in [-0.1, -0.05) is 18.2 Å². The highest BCUT2D eigenvalue weighted by Crippen LogP contribution is 2.37. The van der Waals surface area contributed by atoms with Crippen molar-refractivity contribution in [1.29, 1.82) is 0 Å². The number of rotatable bonds is 5. The van der Waals surface area contributed by atoms with Crippen LogP contribution < -0.4 is 10.2 Å². The Balaban J connectivity index is 1.80. The highest BCUT2D eigenvalue weighted by Gasteiger charge is 2.41. The molecule has 1 aliphatic heterocycles. The maximum atomic E-state index is 14.5. The Morgan fingerprint density at radius 1 is 0.875 bits per heavy atom. The third-order valence-electron chi connectivity index (χ3n) is 4.78. The zero-order valence-corrected chi connectivity index (χ0v) is 18.9. The fourth-order valence-electron chi connectivity index (χ4n) is 3.59. The van der Waals surface area contributed by atoms with E-state index in [4.69, 9.17) is 0 Å². The molecule has 1 aromatic heterocycles. The molecule has 2 amide bonds. The molecule has 0 saturated carbocycles. The summed E-state index contributed by atoms with van der Waals surface area (Å²) in [7, 11) is 0. The number of amides is 2. The van der Waals surface area contributed by atoms with Crippen molar-refractivity contribution in [3.63, 3.8) is 0 Å². The number of anilines is 2. The number of halogens is 1. The first kappa shape index (κ1) is 21.7. The Morgan fingerprint density at radius 3 is 2.12 bits per heavy atom. The van der Waals surface area contributed by atoms with Gasteiger partial charge in [0, 0.05) is 17.1 Å². The number of imide groups is 1. The van der Waals surface area contributed by atoms with Gasteiger partial charge in [-0.3, -0.25) is 9.59 Å². The molecule has 0 radical (unpaired) electrons. The van der Waals surface area contributed by atoms with Crippen molar-refractivity contribution in [3.8, 4) is 0 Å². The number of para-hydroxylation sites is 1. The maximum Gasteiger partial charge on any atom is 0.283 e. The molecule has 32 heavy (non-hydrogen) atoms. The Labute approximate surface area is 189 Å². The number of nitrogens with zero attached hydrogens (tertiary/aromatic N) is 3. The van der Waals surface area contributed by atoms with Crippen LogP contribution in [0.2, 0.25) is 0 Å². The van der Waals surface area contributed by atoms with Gasteiger partial charge < -0.3 is 5.32 Å². The average molecular weight is 449 g/mol. The number of hydrogen-bond donors (Lipinski definition) is 1. The van der Waals surface area contributed by atoms with E-state index in [-0.39, 0.29) is 16.3 Å². The number of thioether (sulfide) groups is 1. The minimum atomic E-state index is -0.658. The Hall–Kier alpha value is -3.52. The summed E-state index contributed by atoms with van der Waals surface area (Å²) in [6.07, 6.45) is 0. The molecule has 0 spiro atoms. The summed E-state index contributed by atoms with van der Waals surface area (Å²) in [5.41, 5.74) is 4.12. The maximum absolute atomic E-state index is 14.5. The van der Waals surface area contributed by atoms with Crippen LogP contribution in [0.3, 0.4) is 0 Å². The SMILES string of the molecule is Cc1cc(C)cc(NC2=C(Sc3nc(C)cc(C)n3)C(=O)N(c3ccccc3F)C2=O)c1. The van der Waals surface area contributed by atoms with Gasteiger partial charge in [-0.2, -0.15) is 0 Å². The van der Waals surface area contributed by atoms with Crippen LogP contribution in [0.1, 0.15) is 22.5 Å². The van der Waals surface area contributed by atoms with Crippen LogP contribution in [0.15, 0.2) is 64.3 Å². The molecule has 6 nitrogen and oxygen atoms in total. The summed E-state index contributed by atoms with van der Waals surface area (Å²) >= 11 is 0.992. The monoisotopic (exact) mass is 448 g/mol. The number of carbonyl (C=O) groups excluding carboxylic acids is 2. The zero-order valence-electron chi connectivity index (χ0n) is 18.1. The lowest BCUT2D eigenvalue weighted by molar-refractivity contribution is -0.120. The molecule has 2 aromatic carbocycles. The van der Waals surface area contributed by atoms with E-state index >= 15 is 0 Å². The second-order valence-electron chi connectivity index (χ2n) is 7.64. The number of benzene rings is 2. The van der Waals surface area contributed by atoms with Crippen molar-refractivity contribution in [2.75, 3.05) is 10.2 Å². The molecule has 0 atom stereocenters. The van der Waals surface area contributed by atoms with E-state index in [0.29, 0.717) is 10.8 Å². The number of aryl methyl sites for hydroxylation is 4. The van der Waals surface area contributed by atoms with E-state index in [2.05, 4.69) is 15.3 Å². The van der Waals surface area contributed by atoms with Crippen molar-refractivity contribution in [2.45, 2.75) is 32.9 Å². The molecule has 1 aliphatic rings. The molecular weight excluding hydrogens is 427 g/mol. The van der Waals surface area contributed by atoms with E-state index in [1.165, 1.54) is 18.2 Å². The summed E-state index contributed by atoms with van der Waals surface area (Å²) in [5, 5.41) is 3.43. The standard InChI is InChI=1S/C24H21FN4O2S/c1-13-9-14(2)11-17(10-13)28-20-21(32-24-26-15(3)12-16(4)27-24)23(31)29(22(20)30)19-8-6-5-7-18(19)25/h5-12,28H,1-4H3. The molecule has 3 aromatic rings. The van der Waals surface area contributed by atoms with Crippen LogP contribution in [0.5, 0.6) is 0 Å². The molecular formula is C24H21FN4O2S. The average Bonchev–Trinajstić information content (AvgIpc) is 2.91. The first-order valence-corrected chi connectivity index (χ1v) is 10.8. The summed E-state index contributed by atoms with van der Waals surface area (Å²) in [6, 6.07) is 13.3. The van der Waals surface area contributed by atoms with Gasteiger partial charge in [0.25, 0.3) is 11.8 Å². The fourth-order valence-corrected chi connectivity index (χ4v) is 4.57. The van der Waals surface area contributed by atoms with Gasteiger partial charge in [0.2, 0.25) is 0 Å². The van der Waals surface area contributed by atoms with E-state index < -0.39 is 17.6 Å². The third kappa shape index (κ3) is 4.27. The predicted octanol–water partition coefficient (Wildman–Crippen LogP) is 4.84. The van der Waals surface area contributed by atoms with Gasteiger partial charge in [-0.15, -0.1) is 0 Å². The van der Waals surface area contributed by atoms with Gasteiger partial charge in [0.15, 0.2) is 5.16 Å². The zero-order chi connectivity index (χ0) is 23.0. The number of nitrogens with one attached hydrogen (secondary N) is 1. The summed E-state index contributed by atoms with van der Waals surface area (Å²) in [4.78, 5) is 36.4. The Morgan fingerprint density at radius 2 is 1.50 bits per heavy atom. The Bertz CT molecular complexity index is 1170. The number of aromatic nitrogens is 2. The topological polar surface area (TPSA) is 75.2 Å². The van der Waals surface area contributed by atoms with E-state index in [1.807, 2.05) is 52.0 Å². The molecule has 0 aliphatic carbocycles. The molecule has 162 valence electrons. The van der Waals surface area contributed by atoms with Crippen molar-refractivity contribution in [1.82, 2.24) is 9.97 Å². The third-order valence-corrected chi connectivity index (χ3v) is 5.73. The summed E-state index contributed by atoms with van der Waals surface area (Å²) in [5.74, 6) is -1.92. The van der Waals surface area contributed by atoms with Crippen molar-refractivity contribution >= 4 is 35.0 Å². The molecule has 0 fully saturated rings. The molecule has 0 saturated heterocycles. The van der Waals surface area contributed by atoms with Crippen LogP contribution in [0.25, 0.3) is 0 Å². The molecule has 0 bridgehead atoms. The number of carbonyl (C=O) groups is 2. The first-order valence-electron chi connectivity index (χ1n) is 9.96. The lowest BCUT2D eigenvalue weighted by atomic mass is 10.1. The Kier molecular flexibility index (Phi) is 5.80. The molecule has 4 rings (SSSR count). The van der Waals surface area contributed by atoms with Gasteiger partial charge in [0.1, 0.15) is 16.4 Å². The minimum Gasteiger partial charge on any atom is -0.350 e. The lowest BCUT2D eigenvalue weighted by Gasteiger charge is -2.16. The summed E-state index contributed by atoms with van der Waals surface area (Å²) < 4.78 is 14.5. The van der Waals surface area contributed by atoms with Crippen molar-refractivity contribution in [2.24, 2.45) is 0 Å². The van der Waals surface area contributed by atoms with Gasteiger partial charge >= 0.3 is 0 Å². The summed E-state index contributed by atoms with van der Waals surface area (Å²) in [6.45, 7) is 7.54. The van der Waals surface area contributed by atoms with E-state index in [9.17, 15) is 14.0 Å². The van der Waals surface area contributed by atoms with Gasteiger partial charge in [0.05, 0.1) is 5.69 Å². The van der Waals surface area contributed by atoms with Crippen molar-refractivity contribution in [3.05, 3.63) is 87.5 Å². The van der Waals surface area contributed by atoms with Crippen molar-refractivity contribution < 1.29 is 14.0 Å². The number of hydrogen-bond acceptors (Lipinski definition) is 6. The van der Waals surface area contributed by atoms with Gasteiger partial charge in [-0.25, -0.2) is 19.3 Å². The van der Waals surface area contributed by atoms with Crippen LogP contribution in [-0.4, -0.2) is 21.8 Å². The second-order valence-corrected chi connectivity index (χ2v) is 8.62. The van der Waals surface area contributed by atoms with Crippen LogP contribution in [-0.2, 0) is 9.59 Å². The highest BCUT2D eigenvalue weighted by molar-refractivity contribution is 8.04. The lowest BCUT2D eigenvalue weighted by Crippen LogP contribution is -2.33. The molecule has 1 N–H and O–H groups in total. The molecule has 2 heterocycles. The minimum absolute atomic E-state index is 0.0658. The molecule has 8 heteroatoms.